The number of rotatable bonds is 6. The van der Waals surface area contributed by atoms with Gasteiger partial charge in [0, 0.05) is 5.92 Å². The monoisotopic (exact) mass is 277 g/mol. The van der Waals surface area contributed by atoms with Crippen molar-refractivity contribution in [3.05, 3.63) is 35.9 Å². The van der Waals surface area contributed by atoms with Crippen LogP contribution in [0.4, 0.5) is 4.79 Å². The summed E-state index contributed by atoms with van der Waals surface area (Å²) in [4.78, 5) is 23.1. The zero-order valence-electron chi connectivity index (χ0n) is 11.5. The number of carboxylic acid groups (broad SMARTS) is 1. The van der Waals surface area contributed by atoms with Crippen LogP contribution < -0.4 is 5.32 Å². The summed E-state index contributed by atoms with van der Waals surface area (Å²) in [7, 11) is 0. The van der Waals surface area contributed by atoms with Crippen molar-refractivity contribution in [3.8, 4) is 0 Å². The van der Waals surface area contributed by atoms with E-state index in [1.165, 1.54) is 0 Å². The average Bonchev–Trinajstić information content (AvgIpc) is 3.16. The molecule has 108 valence electrons. The summed E-state index contributed by atoms with van der Waals surface area (Å²) >= 11 is 0. The average molecular weight is 277 g/mol. The van der Waals surface area contributed by atoms with Gasteiger partial charge in [-0.1, -0.05) is 43.7 Å². The Hall–Kier alpha value is -2.04. The lowest BCUT2D eigenvalue weighted by atomic mass is 10.1. The van der Waals surface area contributed by atoms with E-state index in [4.69, 9.17) is 4.74 Å². The number of nitrogens with one attached hydrogen (secondary N) is 1. The van der Waals surface area contributed by atoms with Gasteiger partial charge in [0.05, 0.1) is 6.61 Å². The Balaban J connectivity index is 1.99. The molecule has 1 aliphatic rings. The molecule has 1 amide bonds. The maximum Gasteiger partial charge on any atom is 0.408 e. The van der Waals surface area contributed by atoms with E-state index >= 15 is 0 Å². The number of carbonyl (C=O) groups is 2. The van der Waals surface area contributed by atoms with Gasteiger partial charge in [-0.15, -0.1) is 0 Å². The molecule has 1 aromatic rings. The lowest BCUT2D eigenvalue weighted by Gasteiger charge is -2.15. The van der Waals surface area contributed by atoms with Crippen LogP contribution in [0.25, 0.3) is 0 Å². The Labute approximate surface area is 117 Å². The highest BCUT2D eigenvalue weighted by Gasteiger charge is 2.62. The predicted octanol–water partition coefficient (Wildman–Crippen LogP) is 2.52. The lowest BCUT2D eigenvalue weighted by molar-refractivity contribution is -0.140. The van der Waals surface area contributed by atoms with Crippen molar-refractivity contribution in [1.82, 2.24) is 5.32 Å². The molecule has 1 aromatic carbocycles. The molecule has 0 radical (unpaired) electrons. The van der Waals surface area contributed by atoms with Gasteiger partial charge >= 0.3 is 12.1 Å². The molecule has 0 aromatic heterocycles. The minimum Gasteiger partial charge on any atom is -0.479 e. The molecular formula is C15H19NO4. The van der Waals surface area contributed by atoms with Crippen LogP contribution >= 0.6 is 0 Å². The largest absolute Gasteiger partial charge is 0.479 e. The zero-order valence-corrected chi connectivity index (χ0v) is 11.5. The summed E-state index contributed by atoms with van der Waals surface area (Å²) in [6, 6.07) is 9.35. The van der Waals surface area contributed by atoms with Gasteiger partial charge in [0.25, 0.3) is 0 Å². The summed E-state index contributed by atoms with van der Waals surface area (Å²) in [5.41, 5.74) is -0.297. The van der Waals surface area contributed by atoms with Crippen LogP contribution in [0.5, 0.6) is 0 Å². The second kappa shape index (κ2) is 5.94. The number of alkyl carbamates (subject to hydrolysis) is 1. The van der Waals surface area contributed by atoms with Crippen LogP contribution in [0.2, 0.25) is 0 Å². The Morgan fingerprint density at radius 1 is 1.40 bits per heavy atom. The molecule has 0 spiro atoms. The molecule has 5 heteroatoms. The van der Waals surface area contributed by atoms with Crippen LogP contribution in [-0.4, -0.2) is 29.3 Å². The van der Waals surface area contributed by atoms with E-state index in [0.29, 0.717) is 13.0 Å². The van der Waals surface area contributed by atoms with Crippen LogP contribution in [0.15, 0.2) is 30.3 Å². The molecule has 2 N–H and O–H groups in total. The van der Waals surface area contributed by atoms with E-state index in [2.05, 4.69) is 5.32 Å². The van der Waals surface area contributed by atoms with Crippen LogP contribution in [-0.2, 0) is 9.53 Å². The number of aliphatic carboxylic acids is 1. The smallest absolute Gasteiger partial charge is 0.408 e. The van der Waals surface area contributed by atoms with E-state index in [-0.39, 0.29) is 5.92 Å². The second-order valence-electron chi connectivity index (χ2n) is 5.06. The third-order valence-corrected chi connectivity index (χ3v) is 3.60. The van der Waals surface area contributed by atoms with Crippen molar-refractivity contribution in [1.29, 1.82) is 0 Å². The van der Waals surface area contributed by atoms with Gasteiger partial charge in [0.1, 0.15) is 5.54 Å². The van der Waals surface area contributed by atoms with Crippen molar-refractivity contribution in [2.75, 3.05) is 6.61 Å². The van der Waals surface area contributed by atoms with E-state index in [0.717, 1.165) is 18.4 Å². The standard InChI is InChI=1S/C15H19NO4/c1-2-3-9-20-14(19)16-15(13(17)18)10-12(15)11-7-5-4-6-8-11/h4-8,12H,2-3,9-10H2,1H3,(H,16,19)(H,17,18). The van der Waals surface area contributed by atoms with E-state index in [9.17, 15) is 14.7 Å². The Bertz CT molecular complexity index is 488. The van der Waals surface area contributed by atoms with E-state index in [1.807, 2.05) is 37.3 Å². The summed E-state index contributed by atoms with van der Waals surface area (Å²) in [5.74, 6) is -1.21. The summed E-state index contributed by atoms with van der Waals surface area (Å²) < 4.78 is 4.98. The number of unbranched alkanes of at least 4 members (excludes halogenated alkanes) is 1. The molecule has 1 aliphatic carbocycles. The maximum absolute atomic E-state index is 11.7. The molecular weight excluding hydrogens is 258 g/mol. The third-order valence-electron chi connectivity index (χ3n) is 3.60. The van der Waals surface area contributed by atoms with Gasteiger partial charge in [0.2, 0.25) is 0 Å². The van der Waals surface area contributed by atoms with Crippen LogP contribution in [0.3, 0.4) is 0 Å². The van der Waals surface area contributed by atoms with Gasteiger partial charge < -0.3 is 15.2 Å². The molecule has 1 saturated carbocycles. The van der Waals surface area contributed by atoms with Crippen LogP contribution in [0, 0.1) is 0 Å². The Morgan fingerprint density at radius 3 is 2.70 bits per heavy atom. The van der Waals surface area contributed by atoms with Crippen molar-refractivity contribution < 1.29 is 19.4 Å². The fourth-order valence-corrected chi connectivity index (χ4v) is 2.31. The van der Waals surface area contributed by atoms with Gasteiger partial charge in [-0.3, -0.25) is 0 Å². The molecule has 2 atom stereocenters. The Morgan fingerprint density at radius 2 is 2.10 bits per heavy atom. The fourth-order valence-electron chi connectivity index (χ4n) is 2.31. The molecule has 20 heavy (non-hydrogen) atoms. The first-order valence-corrected chi connectivity index (χ1v) is 6.83. The molecule has 0 heterocycles. The van der Waals surface area contributed by atoms with Gasteiger partial charge in [-0.25, -0.2) is 9.59 Å². The number of amides is 1. The quantitative estimate of drug-likeness (QED) is 0.783. The lowest BCUT2D eigenvalue weighted by Crippen LogP contribution is -2.44. The summed E-state index contributed by atoms with van der Waals surface area (Å²) in [5, 5.41) is 11.9. The van der Waals surface area contributed by atoms with Crippen molar-refractivity contribution in [2.45, 2.75) is 37.6 Å². The highest BCUT2D eigenvalue weighted by Crippen LogP contribution is 2.51. The van der Waals surface area contributed by atoms with Crippen molar-refractivity contribution in [2.24, 2.45) is 0 Å². The molecule has 0 saturated heterocycles. The summed E-state index contributed by atoms with van der Waals surface area (Å²) in [6.45, 7) is 2.31. The first-order chi connectivity index (χ1) is 9.60. The highest BCUT2D eigenvalue weighted by atomic mass is 16.5. The Kier molecular flexibility index (Phi) is 4.27. The van der Waals surface area contributed by atoms with Crippen molar-refractivity contribution in [3.63, 3.8) is 0 Å². The minimum absolute atomic E-state index is 0.195. The van der Waals surface area contributed by atoms with E-state index in [1.54, 1.807) is 0 Å². The zero-order chi connectivity index (χ0) is 14.6. The minimum atomic E-state index is -1.22. The van der Waals surface area contributed by atoms with E-state index < -0.39 is 17.6 Å². The highest BCUT2D eigenvalue weighted by molar-refractivity contribution is 5.89. The van der Waals surface area contributed by atoms with Crippen molar-refractivity contribution >= 4 is 12.1 Å². The topological polar surface area (TPSA) is 75.6 Å². The predicted molar refractivity (Wildman–Crippen MR) is 73.6 cm³/mol. The number of hydrogen-bond donors (Lipinski definition) is 2. The normalized spacial score (nSPS) is 23.9. The molecule has 2 unspecified atom stereocenters. The number of ether oxygens (including phenoxy) is 1. The SMILES string of the molecule is CCCCOC(=O)NC1(C(=O)O)CC1c1ccccc1. The number of carboxylic acids is 1. The van der Waals surface area contributed by atoms with Gasteiger partial charge in [-0.05, 0) is 18.4 Å². The number of carbonyl (C=O) groups excluding carboxylic acids is 1. The number of benzene rings is 1. The fraction of sp³-hybridized carbons (Fsp3) is 0.467. The summed E-state index contributed by atoms with van der Waals surface area (Å²) in [6.07, 6.45) is 1.44. The van der Waals surface area contributed by atoms with Crippen LogP contribution in [0.1, 0.15) is 37.7 Å². The third kappa shape index (κ3) is 2.92. The maximum atomic E-state index is 11.7. The number of hydrogen-bond acceptors (Lipinski definition) is 3. The molecule has 0 aliphatic heterocycles. The van der Waals surface area contributed by atoms with Gasteiger partial charge in [-0.2, -0.15) is 0 Å². The second-order valence-corrected chi connectivity index (χ2v) is 5.06. The first-order valence-electron chi connectivity index (χ1n) is 6.83. The van der Waals surface area contributed by atoms with Gasteiger partial charge in [0.15, 0.2) is 0 Å². The molecule has 5 nitrogen and oxygen atoms in total. The molecule has 2 rings (SSSR count). The first kappa shape index (κ1) is 14.4. The molecule has 0 bridgehead atoms. The molecule has 1 fully saturated rings.